The van der Waals surface area contributed by atoms with E-state index >= 15 is 0 Å². The van der Waals surface area contributed by atoms with Crippen LogP contribution in [0.1, 0.15) is 27.6 Å². The molecule has 1 amide bonds. The Balaban J connectivity index is 2.08. The van der Waals surface area contributed by atoms with Crippen LogP contribution in [0.15, 0.2) is 48.5 Å². The van der Waals surface area contributed by atoms with Gasteiger partial charge < -0.3 is 10.2 Å². The summed E-state index contributed by atoms with van der Waals surface area (Å²) in [7, 11) is 3.90. The minimum atomic E-state index is -0.170. The highest BCUT2D eigenvalue weighted by Crippen LogP contribution is 2.15. The van der Waals surface area contributed by atoms with Crippen molar-refractivity contribution in [1.82, 2.24) is 0 Å². The van der Waals surface area contributed by atoms with E-state index in [1.807, 2.05) is 31.1 Å². The third kappa shape index (κ3) is 3.69. The molecule has 0 saturated carbocycles. The topological polar surface area (TPSA) is 49.4 Å². The Bertz CT molecular complexity index is 643. The minimum Gasteiger partial charge on any atom is -0.378 e. The Labute approximate surface area is 124 Å². The van der Waals surface area contributed by atoms with E-state index in [4.69, 9.17) is 0 Å². The van der Waals surface area contributed by atoms with Gasteiger partial charge in [-0.05, 0) is 55.5 Å². The van der Waals surface area contributed by atoms with Crippen molar-refractivity contribution in [1.29, 1.82) is 0 Å². The molecule has 0 aromatic heterocycles. The number of hydrogen-bond donors (Lipinski definition) is 1. The molecule has 108 valence electrons. The lowest BCUT2D eigenvalue weighted by Crippen LogP contribution is -2.13. The second kappa shape index (κ2) is 6.22. The van der Waals surface area contributed by atoms with Crippen molar-refractivity contribution in [3.63, 3.8) is 0 Å². The third-order valence-corrected chi connectivity index (χ3v) is 3.20. The number of nitrogens with zero attached hydrogens (tertiary/aromatic N) is 1. The number of benzene rings is 2. The van der Waals surface area contributed by atoms with E-state index in [1.165, 1.54) is 6.92 Å². The number of nitrogens with one attached hydrogen (secondary N) is 1. The summed E-state index contributed by atoms with van der Waals surface area (Å²) in [5.74, 6) is -0.164. The highest BCUT2D eigenvalue weighted by Gasteiger charge is 2.07. The number of Topliss-reactive ketones (excluding diaryl/α,β-unsaturated/α-hetero) is 1. The van der Waals surface area contributed by atoms with Gasteiger partial charge in [0.1, 0.15) is 0 Å². The normalized spacial score (nSPS) is 10.0. The minimum absolute atomic E-state index is 0.00662. The smallest absolute Gasteiger partial charge is 0.255 e. The quantitative estimate of drug-likeness (QED) is 0.876. The molecule has 4 heteroatoms. The van der Waals surface area contributed by atoms with Crippen LogP contribution in [-0.2, 0) is 0 Å². The van der Waals surface area contributed by atoms with Gasteiger partial charge in [0.05, 0.1) is 0 Å². The predicted octanol–water partition coefficient (Wildman–Crippen LogP) is 3.21. The van der Waals surface area contributed by atoms with Crippen LogP contribution in [0.2, 0.25) is 0 Å². The first-order valence-electron chi connectivity index (χ1n) is 6.67. The van der Waals surface area contributed by atoms with E-state index in [-0.39, 0.29) is 11.7 Å². The van der Waals surface area contributed by atoms with Gasteiger partial charge in [-0.3, -0.25) is 9.59 Å². The monoisotopic (exact) mass is 282 g/mol. The largest absolute Gasteiger partial charge is 0.378 e. The number of anilines is 2. The molecule has 0 saturated heterocycles. The molecule has 0 bridgehead atoms. The molecule has 0 heterocycles. The molecular weight excluding hydrogens is 264 g/mol. The van der Waals surface area contributed by atoms with Crippen molar-refractivity contribution in [2.75, 3.05) is 24.3 Å². The van der Waals surface area contributed by atoms with Crippen LogP contribution in [-0.4, -0.2) is 25.8 Å². The van der Waals surface area contributed by atoms with Crippen molar-refractivity contribution in [3.05, 3.63) is 59.7 Å². The summed E-state index contributed by atoms with van der Waals surface area (Å²) in [5, 5.41) is 2.81. The number of rotatable bonds is 4. The van der Waals surface area contributed by atoms with Gasteiger partial charge in [-0.2, -0.15) is 0 Å². The zero-order valence-electron chi connectivity index (χ0n) is 12.4. The van der Waals surface area contributed by atoms with Crippen LogP contribution in [0.3, 0.4) is 0 Å². The molecule has 2 rings (SSSR count). The maximum Gasteiger partial charge on any atom is 0.255 e. The van der Waals surface area contributed by atoms with E-state index in [0.717, 1.165) is 5.69 Å². The highest BCUT2D eigenvalue weighted by molar-refractivity contribution is 6.04. The second-order valence-corrected chi connectivity index (χ2v) is 5.03. The molecule has 0 aliphatic carbocycles. The SMILES string of the molecule is CC(=O)c1ccc(NC(=O)c2ccc(N(C)C)cc2)cc1. The summed E-state index contributed by atoms with van der Waals surface area (Å²) < 4.78 is 0. The maximum atomic E-state index is 12.1. The summed E-state index contributed by atoms with van der Waals surface area (Å²) in [6.45, 7) is 1.51. The molecule has 0 aliphatic heterocycles. The van der Waals surface area contributed by atoms with Crippen molar-refractivity contribution >= 4 is 23.1 Å². The summed E-state index contributed by atoms with van der Waals surface area (Å²) in [4.78, 5) is 25.3. The maximum absolute atomic E-state index is 12.1. The van der Waals surface area contributed by atoms with E-state index in [0.29, 0.717) is 16.8 Å². The molecule has 4 nitrogen and oxygen atoms in total. The van der Waals surface area contributed by atoms with Crippen molar-refractivity contribution in [3.8, 4) is 0 Å². The van der Waals surface area contributed by atoms with Gasteiger partial charge in [-0.1, -0.05) is 0 Å². The molecule has 2 aromatic carbocycles. The van der Waals surface area contributed by atoms with E-state index in [9.17, 15) is 9.59 Å². The second-order valence-electron chi connectivity index (χ2n) is 5.03. The van der Waals surface area contributed by atoms with Gasteiger partial charge in [0.2, 0.25) is 0 Å². The van der Waals surface area contributed by atoms with Gasteiger partial charge in [-0.25, -0.2) is 0 Å². The van der Waals surface area contributed by atoms with Gasteiger partial charge in [0.25, 0.3) is 5.91 Å². The van der Waals surface area contributed by atoms with Crippen LogP contribution in [0.4, 0.5) is 11.4 Å². The van der Waals surface area contributed by atoms with Crippen molar-refractivity contribution in [2.45, 2.75) is 6.92 Å². The Morgan fingerprint density at radius 1 is 0.857 bits per heavy atom. The van der Waals surface area contributed by atoms with Gasteiger partial charge >= 0.3 is 0 Å². The summed E-state index contributed by atoms with van der Waals surface area (Å²) in [6.07, 6.45) is 0. The third-order valence-electron chi connectivity index (χ3n) is 3.20. The van der Waals surface area contributed by atoms with Crippen LogP contribution >= 0.6 is 0 Å². The zero-order chi connectivity index (χ0) is 15.4. The van der Waals surface area contributed by atoms with Gasteiger partial charge in [0, 0.05) is 36.6 Å². The van der Waals surface area contributed by atoms with E-state index < -0.39 is 0 Å². The first-order valence-corrected chi connectivity index (χ1v) is 6.67. The number of carbonyl (C=O) groups is 2. The fraction of sp³-hybridized carbons (Fsp3) is 0.176. The molecule has 0 unspecified atom stereocenters. The summed E-state index contributed by atoms with van der Waals surface area (Å²) in [6, 6.07) is 14.2. The van der Waals surface area contributed by atoms with Crippen molar-refractivity contribution in [2.24, 2.45) is 0 Å². The Kier molecular flexibility index (Phi) is 4.38. The Morgan fingerprint density at radius 2 is 1.38 bits per heavy atom. The Hall–Kier alpha value is -2.62. The predicted molar refractivity (Wildman–Crippen MR) is 85.2 cm³/mol. The lowest BCUT2D eigenvalue weighted by Gasteiger charge is -2.12. The lowest BCUT2D eigenvalue weighted by atomic mass is 10.1. The molecular formula is C17H18N2O2. The molecule has 0 spiro atoms. The summed E-state index contributed by atoms with van der Waals surface area (Å²) >= 11 is 0. The highest BCUT2D eigenvalue weighted by atomic mass is 16.1. The number of hydrogen-bond acceptors (Lipinski definition) is 3. The van der Waals surface area contributed by atoms with Crippen LogP contribution in [0.25, 0.3) is 0 Å². The molecule has 21 heavy (non-hydrogen) atoms. The average Bonchev–Trinajstić information content (AvgIpc) is 2.47. The fourth-order valence-electron chi connectivity index (χ4n) is 1.90. The zero-order valence-corrected chi connectivity index (χ0v) is 12.4. The number of ketones is 1. The molecule has 0 atom stereocenters. The molecule has 0 aliphatic rings. The van der Waals surface area contributed by atoms with Gasteiger partial charge in [0.15, 0.2) is 5.78 Å². The van der Waals surface area contributed by atoms with E-state index in [1.54, 1.807) is 36.4 Å². The van der Waals surface area contributed by atoms with E-state index in [2.05, 4.69) is 5.32 Å². The summed E-state index contributed by atoms with van der Waals surface area (Å²) in [5.41, 5.74) is 2.93. The van der Waals surface area contributed by atoms with Crippen LogP contribution in [0.5, 0.6) is 0 Å². The van der Waals surface area contributed by atoms with Crippen molar-refractivity contribution < 1.29 is 9.59 Å². The number of amides is 1. The molecule has 0 fully saturated rings. The molecule has 0 radical (unpaired) electrons. The Morgan fingerprint density at radius 3 is 1.86 bits per heavy atom. The molecule has 2 aromatic rings. The van der Waals surface area contributed by atoms with Crippen LogP contribution < -0.4 is 10.2 Å². The van der Waals surface area contributed by atoms with Gasteiger partial charge in [-0.15, -0.1) is 0 Å². The average molecular weight is 282 g/mol. The number of carbonyl (C=O) groups excluding carboxylic acids is 2. The first kappa shape index (κ1) is 14.8. The fourth-order valence-corrected chi connectivity index (χ4v) is 1.90. The first-order chi connectivity index (χ1) is 9.97. The van der Waals surface area contributed by atoms with Crippen LogP contribution in [0, 0.1) is 0 Å². The standard InChI is InChI=1S/C17H18N2O2/c1-12(20)13-4-8-15(9-5-13)18-17(21)14-6-10-16(11-7-14)19(2)3/h4-11H,1-3H3,(H,18,21). The molecule has 1 N–H and O–H groups in total. The lowest BCUT2D eigenvalue weighted by molar-refractivity contribution is 0.101.